The monoisotopic (exact) mass is 295 g/mol. The zero-order chi connectivity index (χ0) is 12.4. The predicted molar refractivity (Wildman–Crippen MR) is 70.8 cm³/mol. The van der Waals surface area contributed by atoms with E-state index in [1.165, 1.54) is 0 Å². The fourth-order valence-electron chi connectivity index (χ4n) is 1.70. The number of phenols is 1. The number of rotatable bonds is 3. The number of aromatic nitrogens is 2. The summed E-state index contributed by atoms with van der Waals surface area (Å²) >= 11 is 3.45. The van der Waals surface area contributed by atoms with Crippen molar-refractivity contribution in [3.8, 4) is 17.0 Å². The van der Waals surface area contributed by atoms with Crippen molar-refractivity contribution >= 4 is 15.9 Å². The topological polar surface area (TPSA) is 64.1 Å². The second kappa shape index (κ2) is 4.89. The average molecular weight is 296 g/mol. The van der Waals surface area contributed by atoms with Gasteiger partial charge in [-0.25, -0.2) is 0 Å². The molecule has 0 spiro atoms. The molecular weight excluding hydrogens is 282 g/mol. The van der Waals surface area contributed by atoms with Gasteiger partial charge in [-0.15, -0.1) is 0 Å². The van der Waals surface area contributed by atoms with Crippen LogP contribution < -0.4 is 5.73 Å². The van der Waals surface area contributed by atoms with Crippen molar-refractivity contribution in [3.63, 3.8) is 0 Å². The van der Waals surface area contributed by atoms with Gasteiger partial charge in [0.05, 0.1) is 22.4 Å². The lowest BCUT2D eigenvalue weighted by molar-refractivity contribution is 0.472. The van der Waals surface area contributed by atoms with Gasteiger partial charge in [-0.2, -0.15) is 5.10 Å². The molecule has 0 radical (unpaired) electrons. The molecule has 0 bridgehead atoms. The van der Waals surface area contributed by atoms with Crippen molar-refractivity contribution in [1.29, 1.82) is 0 Å². The molecule has 1 atom stereocenters. The van der Waals surface area contributed by atoms with Crippen LogP contribution in [0, 0.1) is 0 Å². The van der Waals surface area contributed by atoms with Gasteiger partial charge in [0, 0.05) is 12.1 Å². The summed E-state index contributed by atoms with van der Waals surface area (Å²) in [5, 5.41) is 14.2. The number of halogens is 1. The molecule has 3 N–H and O–H groups in total. The van der Waals surface area contributed by atoms with Crippen molar-refractivity contribution < 1.29 is 5.11 Å². The Balaban J connectivity index is 2.59. The maximum absolute atomic E-state index is 9.89. The first kappa shape index (κ1) is 12.1. The van der Waals surface area contributed by atoms with Crippen molar-refractivity contribution in [2.45, 2.75) is 13.0 Å². The Morgan fingerprint density at radius 2 is 2.18 bits per heavy atom. The molecule has 1 heterocycles. The lowest BCUT2D eigenvalue weighted by Crippen LogP contribution is -2.18. The van der Waals surface area contributed by atoms with Crippen molar-refractivity contribution in [1.82, 2.24) is 9.78 Å². The Labute approximate surface area is 108 Å². The quantitative estimate of drug-likeness (QED) is 0.915. The van der Waals surface area contributed by atoms with Crippen LogP contribution >= 0.6 is 15.9 Å². The molecule has 2 rings (SSSR count). The first-order valence-electron chi connectivity index (χ1n) is 5.36. The molecule has 0 saturated heterocycles. The molecule has 1 unspecified atom stereocenters. The van der Waals surface area contributed by atoms with Gasteiger partial charge in [-0.1, -0.05) is 12.1 Å². The van der Waals surface area contributed by atoms with E-state index in [-0.39, 0.29) is 11.8 Å². The van der Waals surface area contributed by atoms with Crippen LogP contribution in [0.25, 0.3) is 11.3 Å². The fraction of sp³-hybridized carbons (Fsp3) is 0.250. The Bertz CT molecular complexity index is 524. The van der Waals surface area contributed by atoms with Gasteiger partial charge in [-0.05, 0) is 35.0 Å². The van der Waals surface area contributed by atoms with E-state index < -0.39 is 0 Å². The second-order valence-corrected chi connectivity index (χ2v) is 4.74. The predicted octanol–water partition coefficient (Wildman–Crippen LogP) is 2.54. The molecule has 1 aromatic heterocycles. The van der Waals surface area contributed by atoms with E-state index in [9.17, 15) is 5.11 Å². The third-order valence-electron chi connectivity index (χ3n) is 2.67. The van der Waals surface area contributed by atoms with Crippen LogP contribution in [-0.2, 0) is 0 Å². The minimum absolute atomic E-state index is 0.0795. The van der Waals surface area contributed by atoms with Crippen LogP contribution in [0.15, 0.2) is 34.9 Å². The second-order valence-electron chi connectivity index (χ2n) is 3.89. The van der Waals surface area contributed by atoms with Crippen molar-refractivity contribution in [3.05, 3.63) is 34.9 Å². The minimum Gasteiger partial charge on any atom is -0.507 e. The molecule has 0 saturated carbocycles. The molecule has 0 fully saturated rings. The molecule has 0 aliphatic carbocycles. The molecule has 4 nitrogen and oxygen atoms in total. The van der Waals surface area contributed by atoms with Crippen LogP contribution in [0.4, 0.5) is 0 Å². The fourth-order valence-corrected chi connectivity index (χ4v) is 2.19. The van der Waals surface area contributed by atoms with Crippen LogP contribution in [0.3, 0.4) is 0 Å². The highest BCUT2D eigenvalue weighted by Gasteiger charge is 2.17. The van der Waals surface area contributed by atoms with E-state index in [2.05, 4.69) is 21.0 Å². The van der Waals surface area contributed by atoms with E-state index in [0.717, 1.165) is 15.7 Å². The van der Waals surface area contributed by atoms with Gasteiger partial charge in [0.25, 0.3) is 0 Å². The first-order chi connectivity index (χ1) is 8.15. The molecular formula is C12H14BrN3O. The summed E-state index contributed by atoms with van der Waals surface area (Å²) in [6.45, 7) is 2.48. The highest BCUT2D eigenvalue weighted by Crippen LogP contribution is 2.35. The van der Waals surface area contributed by atoms with Crippen LogP contribution in [-0.4, -0.2) is 21.4 Å². The van der Waals surface area contributed by atoms with Crippen LogP contribution in [0.2, 0.25) is 0 Å². The van der Waals surface area contributed by atoms with Crippen LogP contribution in [0.5, 0.6) is 5.75 Å². The number of hydrogen-bond donors (Lipinski definition) is 2. The number of aromatic hydroxyl groups is 1. The number of nitrogens with zero attached hydrogens (tertiary/aromatic N) is 2. The number of hydrogen-bond acceptors (Lipinski definition) is 3. The molecule has 90 valence electrons. The largest absolute Gasteiger partial charge is 0.507 e. The molecule has 0 amide bonds. The van der Waals surface area contributed by atoms with E-state index in [0.29, 0.717) is 6.54 Å². The van der Waals surface area contributed by atoms with Gasteiger partial charge in [0.15, 0.2) is 0 Å². The summed E-state index contributed by atoms with van der Waals surface area (Å²) in [6.07, 6.45) is 1.72. The molecule has 17 heavy (non-hydrogen) atoms. The summed E-state index contributed by atoms with van der Waals surface area (Å²) in [5.41, 5.74) is 7.26. The smallest absolute Gasteiger partial charge is 0.124 e. The Kier molecular flexibility index (Phi) is 3.49. The zero-order valence-corrected chi connectivity index (χ0v) is 11.1. The van der Waals surface area contributed by atoms with Crippen LogP contribution in [0.1, 0.15) is 13.0 Å². The highest BCUT2D eigenvalue weighted by atomic mass is 79.9. The van der Waals surface area contributed by atoms with E-state index >= 15 is 0 Å². The van der Waals surface area contributed by atoms with Gasteiger partial charge in [0.2, 0.25) is 0 Å². The third-order valence-corrected chi connectivity index (χ3v) is 3.25. The van der Waals surface area contributed by atoms with E-state index in [1.54, 1.807) is 18.3 Å². The maximum Gasteiger partial charge on any atom is 0.124 e. The molecule has 0 aliphatic rings. The Morgan fingerprint density at radius 1 is 1.47 bits per heavy atom. The van der Waals surface area contributed by atoms with Gasteiger partial charge in [0.1, 0.15) is 5.75 Å². The minimum atomic E-state index is 0.0795. The standard InChI is InChI=1S/C12H14BrN3O/c1-8(6-14)16-12(10(13)7-15-16)9-4-2-3-5-11(9)17/h2-5,7-8,17H,6,14H2,1H3. The Hall–Kier alpha value is -1.33. The van der Waals surface area contributed by atoms with Gasteiger partial charge >= 0.3 is 0 Å². The van der Waals surface area contributed by atoms with Crippen molar-refractivity contribution in [2.24, 2.45) is 5.73 Å². The van der Waals surface area contributed by atoms with Gasteiger partial charge in [-0.3, -0.25) is 4.68 Å². The number of para-hydroxylation sites is 1. The number of benzene rings is 1. The summed E-state index contributed by atoms with van der Waals surface area (Å²) in [4.78, 5) is 0. The third kappa shape index (κ3) is 2.21. The van der Waals surface area contributed by atoms with E-state index in [1.807, 2.05) is 23.7 Å². The molecule has 5 heteroatoms. The molecule has 1 aromatic carbocycles. The average Bonchev–Trinajstić information content (AvgIpc) is 2.71. The SMILES string of the molecule is CC(CN)n1ncc(Br)c1-c1ccccc1O. The van der Waals surface area contributed by atoms with E-state index in [4.69, 9.17) is 5.73 Å². The molecule has 2 aromatic rings. The summed E-state index contributed by atoms with van der Waals surface area (Å²) < 4.78 is 2.67. The highest BCUT2D eigenvalue weighted by molar-refractivity contribution is 9.10. The lowest BCUT2D eigenvalue weighted by atomic mass is 10.1. The van der Waals surface area contributed by atoms with Crippen molar-refractivity contribution in [2.75, 3.05) is 6.54 Å². The lowest BCUT2D eigenvalue weighted by Gasteiger charge is -2.14. The Morgan fingerprint density at radius 3 is 2.82 bits per heavy atom. The summed E-state index contributed by atoms with van der Waals surface area (Å²) in [7, 11) is 0. The summed E-state index contributed by atoms with van der Waals surface area (Å²) in [5.74, 6) is 0.235. The zero-order valence-electron chi connectivity index (χ0n) is 9.47. The normalized spacial score (nSPS) is 12.6. The maximum atomic E-state index is 9.89. The molecule has 0 aliphatic heterocycles. The number of phenolic OH excluding ortho intramolecular Hbond substituents is 1. The first-order valence-corrected chi connectivity index (χ1v) is 6.16. The summed E-state index contributed by atoms with van der Waals surface area (Å²) in [6, 6.07) is 7.27. The number of nitrogens with two attached hydrogens (primary N) is 1. The van der Waals surface area contributed by atoms with Gasteiger partial charge < -0.3 is 10.8 Å².